The number of ether oxygens (including phenoxy) is 1. The highest BCUT2D eigenvalue weighted by Crippen LogP contribution is 2.48. The number of hydrogen-bond acceptors (Lipinski definition) is 3. The maximum absolute atomic E-state index is 12.9. The van der Waals surface area contributed by atoms with Crippen LogP contribution >= 0.6 is 0 Å². The summed E-state index contributed by atoms with van der Waals surface area (Å²) in [7, 11) is 0. The van der Waals surface area contributed by atoms with Gasteiger partial charge in [0.25, 0.3) is 0 Å². The molecule has 29 heavy (non-hydrogen) atoms. The summed E-state index contributed by atoms with van der Waals surface area (Å²) in [6, 6.07) is 30.8. The normalized spacial score (nSPS) is 14.5. The van der Waals surface area contributed by atoms with Gasteiger partial charge in [0.2, 0.25) is 0 Å². The van der Waals surface area contributed by atoms with Gasteiger partial charge in [0.15, 0.2) is 0 Å². The second-order valence-corrected chi connectivity index (χ2v) is 7.96. The zero-order chi connectivity index (χ0) is 19.9. The maximum Gasteiger partial charge on any atom is 0.313 e. The Bertz CT molecular complexity index is 864. The summed E-state index contributed by atoms with van der Waals surface area (Å²) in [5.74, 6) is -0.0625. The lowest BCUT2D eigenvalue weighted by atomic mass is 10.1. The largest absolute Gasteiger partial charge is 0.460 e. The predicted molar refractivity (Wildman–Crippen MR) is 115 cm³/mol. The standard InChI is InChI=1S/C26H27NO2/c28-25(29-20-24-14-8-3-9-15-24)26(16-17-26)21-27(18-22-10-4-1-5-11-22)19-23-12-6-2-7-13-23/h1-15H,16-21H2. The molecule has 0 spiro atoms. The lowest BCUT2D eigenvalue weighted by Crippen LogP contribution is -2.35. The highest BCUT2D eigenvalue weighted by molar-refractivity contribution is 5.80. The van der Waals surface area contributed by atoms with Crippen molar-refractivity contribution in [3.05, 3.63) is 108 Å². The van der Waals surface area contributed by atoms with Gasteiger partial charge >= 0.3 is 5.97 Å². The summed E-state index contributed by atoms with van der Waals surface area (Å²) in [4.78, 5) is 15.3. The van der Waals surface area contributed by atoms with Gasteiger partial charge in [-0.2, -0.15) is 0 Å². The molecule has 1 saturated carbocycles. The Morgan fingerprint density at radius 1 is 0.724 bits per heavy atom. The van der Waals surface area contributed by atoms with Crippen LogP contribution in [0.25, 0.3) is 0 Å². The highest BCUT2D eigenvalue weighted by atomic mass is 16.5. The van der Waals surface area contributed by atoms with Crippen molar-refractivity contribution in [1.29, 1.82) is 0 Å². The van der Waals surface area contributed by atoms with Crippen LogP contribution in [-0.4, -0.2) is 17.4 Å². The van der Waals surface area contributed by atoms with Crippen LogP contribution in [0.5, 0.6) is 0 Å². The molecule has 1 aliphatic carbocycles. The highest BCUT2D eigenvalue weighted by Gasteiger charge is 2.52. The van der Waals surface area contributed by atoms with E-state index in [0.717, 1.165) is 38.0 Å². The minimum atomic E-state index is -0.363. The van der Waals surface area contributed by atoms with Crippen molar-refractivity contribution in [2.75, 3.05) is 6.54 Å². The molecule has 0 saturated heterocycles. The van der Waals surface area contributed by atoms with Crippen LogP contribution in [0, 0.1) is 5.41 Å². The molecule has 1 fully saturated rings. The first kappa shape index (κ1) is 19.4. The van der Waals surface area contributed by atoms with Gasteiger partial charge in [0, 0.05) is 19.6 Å². The summed E-state index contributed by atoms with van der Waals surface area (Å²) in [6.07, 6.45) is 1.81. The van der Waals surface area contributed by atoms with Crippen molar-refractivity contribution in [3.8, 4) is 0 Å². The Labute approximate surface area is 172 Å². The van der Waals surface area contributed by atoms with Gasteiger partial charge in [-0.3, -0.25) is 9.69 Å². The van der Waals surface area contributed by atoms with E-state index in [1.165, 1.54) is 11.1 Å². The van der Waals surface area contributed by atoms with Crippen molar-refractivity contribution in [2.45, 2.75) is 32.5 Å². The van der Waals surface area contributed by atoms with E-state index in [-0.39, 0.29) is 11.4 Å². The van der Waals surface area contributed by atoms with Crippen LogP contribution in [0.4, 0.5) is 0 Å². The Morgan fingerprint density at radius 2 is 1.17 bits per heavy atom. The molecule has 0 N–H and O–H groups in total. The molecule has 1 aliphatic rings. The molecule has 4 rings (SSSR count). The number of carbonyl (C=O) groups is 1. The Hall–Kier alpha value is -2.91. The molecular formula is C26H27NO2. The van der Waals surface area contributed by atoms with Crippen LogP contribution in [0.1, 0.15) is 29.5 Å². The molecule has 0 radical (unpaired) electrons. The van der Waals surface area contributed by atoms with E-state index in [1.54, 1.807) is 0 Å². The van der Waals surface area contributed by atoms with E-state index in [4.69, 9.17) is 4.74 Å². The van der Waals surface area contributed by atoms with Gasteiger partial charge in [-0.15, -0.1) is 0 Å². The van der Waals surface area contributed by atoms with Crippen molar-refractivity contribution in [2.24, 2.45) is 5.41 Å². The van der Waals surface area contributed by atoms with Crippen LogP contribution in [0.3, 0.4) is 0 Å². The van der Waals surface area contributed by atoms with Gasteiger partial charge < -0.3 is 4.74 Å². The summed E-state index contributed by atoms with van der Waals surface area (Å²) >= 11 is 0. The van der Waals surface area contributed by atoms with Crippen LogP contribution < -0.4 is 0 Å². The molecule has 0 heterocycles. The third-order valence-corrected chi connectivity index (χ3v) is 5.52. The van der Waals surface area contributed by atoms with Crippen LogP contribution in [0.15, 0.2) is 91.0 Å². The number of carbonyl (C=O) groups excluding carboxylic acids is 1. The molecule has 3 heteroatoms. The Kier molecular flexibility index (Phi) is 6.06. The fraction of sp³-hybridized carbons (Fsp3) is 0.269. The molecule has 3 aromatic rings. The summed E-state index contributed by atoms with van der Waals surface area (Å²) in [5, 5.41) is 0. The fourth-order valence-corrected chi connectivity index (χ4v) is 3.73. The van der Waals surface area contributed by atoms with E-state index in [1.807, 2.05) is 42.5 Å². The summed E-state index contributed by atoms with van der Waals surface area (Å²) in [6.45, 7) is 2.72. The van der Waals surface area contributed by atoms with E-state index < -0.39 is 0 Å². The number of hydrogen-bond donors (Lipinski definition) is 0. The maximum atomic E-state index is 12.9. The number of esters is 1. The number of benzene rings is 3. The molecule has 0 bridgehead atoms. The van der Waals surface area contributed by atoms with Gasteiger partial charge in [-0.25, -0.2) is 0 Å². The van der Waals surface area contributed by atoms with Crippen molar-refractivity contribution < 1.29 is 9.53 Å². The molecule has 148 valence electrons. The molecule has 0 aromatic heterocycles. The molecule has 0 amide bonds. The van der Waals surface area contributed by atoms with E-state index in [2.05, 4.69) is 53.4 Å². The van der Waals surface area contributed by atoms with E-state index in [9.17, 15) is 4.79 Å². The Balaban J connectivity index is 1.43. The number of rotatable bonds is 9. The van der Waals surface area contributed by atoms with Crippen molar-refractivity contribution in [3.63, 3.8) is 0 Å². The van der Waals surface area contributed by atoms with Gasteiger partial charge in [0.05, 0.1) is 5.41 Å². The molecule has 0 aliphatic heterocycles. The third kappa shape index (κ3) is 5.33. The minimum Gasteiger partial charge on any atom is -0.460 e. The quantitative estimate of drug-likeness (QED) is 0.474. The van der Waals surface area contributed by atoms with Gasteiger partial charge in [-0.1, -0.05) is 91.0 Å². The Morgan fingerprint density at radius 3 is 1.62 bits per heavy atom. The lowest BCUT2D eigenvalue weighted by Gasteiger charge is -2.27. The first-order chi connectivity index (χ1) is 14.2. The second-order valence-electron chi connectivity index (χ2n) is 7.96. The monoisotopic (exact) mass is 385 g/mol. The smallest absolute Gasteiger partial charge is 0.313 e. The predicted octanol–water partition coefficient (Wildman–Crippen LogP) is 5.21. The zero-order valence-corrected chi connectivity index (χ0v) is 16.7. The van der Waals surface area contributed by atoms with Crippen LogP contribution in [0.2, 0.25) is 0 Å². The lowest BCUT2D eigenvalue weighted by molar-refractivity contribution is -0.152. The van der Waals surface area contributed by atoms with E-state index >= 15 is 0 Å². The van der Waals surface area contributed by atoms with E-state index in [0.29, 0.717) is 6.61 Å². The summed E-state index contributed by atoms with van der Waals surface area (Å²) < 4.78 is 5.69. The first-order valence-corrected chi connectivity index (χ1v) is 10.2. The fourth-order valence-electron chi connectivity index (χ4n) is 3.73. The summed E-state index contributed by atoms with van der Waals surface area (Å²) in [5.41, 5.74) is 3.19. The molecular weight excluding hydrogens is 358 g/mol. The van der Waals surface area contributed by atoms with Crippen molar-refractivity contribution >= 4 is 5.97 Å². The third-order valence-electron chi connectivity index (χ3n) is 5.52. The molecule has 0 atom stereocenters. The molecule has 3 aromatic carbocycles. The topological polar surface area (TPSA) is 29.5 Å². The van der Waals surface area contributed by atoms with Gasteiger partial charge in [-0.05, 0) is 29.5 Å². The SMILES string of the molecule is O=C(OCc1ccccc1)C1(CN(Cc2ccccc2)Cc2ccccc2)CC1. The van der Waals surface area contributed by atoms with Crippen molar-refractivity contribution in [1.82, 2.24) is 4.90 Å². The zero-order valence-electron chi connectivity index (χ0n) is 16.7. The average Bonchev–Trinajstić information content (AvgIpc) is 3.55. The van der Waals surface area contributed by atoms with Crippen LogP contribution in [-0.2, 0) is 29.2 Å². The first-order valence-electron chi connectivity index (χ1n) is 10.2. The second kappa shape index (κ2) is 9.06. The minimum absolute atomic E-state index is 0.0625. The average molecular weight is 386 g/mol. The van der Waals surface area contributed by atoms with Gasteiger partial charge in [0.1, 0.15) is 6.61 Å². The number of nitrogens with zero attached hydrogens (tertiary/aromatic N) is 1. The molecule has 0 unspecified atom stereocenters. The molecule has 3 nitrogen and oxygen atoms in total.